The Morgan fingerprint density at radius 3 is 2.50 bits per heavy atom. The molecule has 0 saturated carbocycles. The van der Waals surface area contributed by atoms with E-state index in [0.717, 1.165) is 0 Å². The van der Waals surface area contributed by atoms with E-state index in [0.29, 0.717) is 12.2 Å². The molecule has 0 bridgehead atoms. The van der Waals surface area contributed by atoms with E-state index in [9.17, 15) is 9.00 Å². The van der Waals surface area contributed by atoms with Crippen molar-refractivity contribution in [3.8, 4) is 0 Å². The van der Waals surface area contributed by atoms with Gasteiger partial charge in [-0.15, -0.1) is 0 Å². The minimum absolute atomic E-state index is 0.401. The molecule has 0 aromatic carbocycles. The number of primary amides is 1. The van der Waals surface area contributed by atoms with Gasteiger partial charge in [-0.25, -0.2) is 0 Å². The maximum atomic E-state index is 10.5. The van der Waals surface area contributed by atoms with Crippen LogP contribution in [-0.2, 0) is 15.6 Å². The molecule has 0 aliphatic heterocycles. The quantitative estimate of drug-likeness (QED) is 0.534. The van der Waals surface area contributed by atoms with Crippen LogP contribution in [-0.4, -0.2) is 28.2 Å². The molecule has 0 rings (SSSR count). The Bertz CT molecular complexity index is 149. The molecular formula is C5H12N2O2S. The first-order valence-corrected chi connectivity index (χ1v) is 4.61. The van der Waals surface area contributed by atoms with E-state index in [2.05, 4.69) is 0 Å². The highest BCUT2D eigenvalue weighted by molar-refractivity contribution is 7.84. The second-order valence-electron chi connectivity index (χ2n) is 2.07. The Balaban J connectivity index is 3.49. The van der Waals surface area contributed by atoms with Gasteiger partial charge in [0.2, 0.25) is 5.91 Å². The average molecular weight is 164 g/mol. The number of carbonyl (C=O) groups excluding carboxylic acids is 1. The largest absolute Gasteiger partial charge is 0.368 e. The summed E-state index contributed by atoms with van der Waals surface area (Å²) >= 11 is 0. The molecule has 0 fully saturated rings. The number of nitrogens with two attached hydrogens (primary N) is 2. The number of hydrogen-bond acceptors (Lipinski definition) is 3. The van der Waals surface area contributed by atoms with Crippen molar-refractivity contribution in [3.63, 3.8) is 0 Å². The minimum Gasteiger partial charge on any atom is -0.368 e. The van der Waals surface area contributed by atoms with Gasteiger partial charge in [-0.05, 0) is 6.42 Å². The van der Waals surface area contributed by atoms with Crippen LogP contribution in [0.25, 0.3) is 0 Å². The third kappa shape index (κ3) is 4.46. The second-order valence-corrected chi connectivity index (χ2v) is 3.63. The third-order valence-corrected chi connectivity index (χ3v) is 1.89. The molecule has 0 aromatic heterocycles. The highest BCUT2D eigenvalue weighted by Crippen LogP contribution is 1.88. The Hall–Kier alpha value is -0.420. The molecule has 4 nitrogen and oxygen atoms in total. The Morgan fingerprint density at radius 2 is 2.20 bits per heavy atom. The van der Waals surface area contributed by atoms with Crippen LogP contribution >= 0.6 is 0 Å². The lowest BCUT2D eigenvalue weighted by molar-refractivity contribution is -0.119. The van der Waals surface area contributed by atoms with Gasteiger partial charge in [0, 0.05) is 22.8 Å². The van der Waals surface area contributed by atoms with Gasteiger partial charge < -0.3 is 11.5 Å². The van der Waals surface area contributed by atoms with Gasteiger partial charge in [0.15, 0.2) is 0 Å². The molecule has 0 aliphatic rings. The molecule has 60 valence electrons. The molecule has 0 spiro atoms. The summed E-state index contributed by atoms with van der Waals surface area (Å²) < 4.78 is 10.5. The fourth-order valence-electron chi connectivity index (χ4n) is 0.435. The number of hydrogen-bond donors (Lipinski definition) is 2. The lowest BCUT2D eigenvalue weighted by atomic mass is 10.2. The highest BCUT2D eigenvalue weighted by atomic mass is 32.2. The van der Waals surface area contributed by atoms with Crippen molar-refractivity contribution in [3.05, 3.63) is 0 Å². The van der Waals surface area contributed by atoms with Gasteiger partial charge in [0.1, 0.15) is 0 Å². The normalized spacial score (nSPS) is 16.2. The van der Waals surface area contributed by atoms with Crippen molar-refractivity contribution >= 4 is 16.7 Å². The zero-order valence-electron chi connectivity index (χ0n) is 5.87. The van der Waals surface area contributed by atoms with E-state index >= 15 is 0 Å². The SMILES string of the molecule is CS(=O)CCC(N)C(N)=O. The fraction of sp³-hybridized carbons (Fsp3) is 0.800. The van der Waals surface area contributed by atoms with Gasteiger partial charge in [-0.1, -0.05) is 0 Å². The summed E-state index contributed by atoms with van der Waals surface area (Å²) in [6.45, 7) is 0. The van der Waals surface area contributed by atoms with Gasteiger partial charge in [-0.2, -0.15) is 0 Å². The molecule has 2 atom stereocenters. The monoisotopic (exact) mass is 164 g/mol. The second kappa shape index (κ2) is 4.40. The van der Waals surface area contributed by atoms with E-state index in [-0.39, 0.29) is 0 Å². The van der Waals surface area contributed by atoms with Crippen LogP contribution < -0.4 is 11.5 Å². The van der Waals surface area contributed by atoms with E-state index < -0.39 is 22.7 Å². The van der Waals surface area contributed by atoms with Crippen LogP contribution in [0.4, 0.5) is 0 Å². The topological polar surface area (TPSA) is 86.2 Å². The maximum absolute atomic E-state index is 10.5. The van der Waals surface area contributed by atoms with Gasteiger partial charge in [-0.3, -0.25) is 9.00 Å². The fourth-order valence-corrected chi connectivity index (χ4v) is 1.02. The zero-order chi connectivity index (χ0) is 8.15. The van der Waals surface area contributed by atoms with Crippen molar-refractivity contribution in [2.24, 2.45) is 11.5 Å². The lowest BCUT2D eigenvalue weighted by Crippen LogP contribution is -2.37. The van der Waals surface area contributed by atoms with Crippen molar-refractivity contribution in [1.29, 1.82) is 0 Å². The first-order valence-electron chi connectivity index (χ1n) is 2.89. The zero-order valence-corrected chi connectivity index (χ0v) is 6.69. The first kappa shape index (κ1) is 9.58. The van der Waals surface area contributed by atoms with Gasteiger partial charge in [0.05, 0.1) is 6.04 Å². The van der Waals surface area contributed by atoms with E-state index in [1.165, 1.54) is 0 Å². The molecule has 2 unspecified atom stereocenters. The molecule has 0 heterocycles. The van der Waals surface area contributed by atoms with Crippen LogP contribution in [0.3, 0.4) is 0 Å². The summed E-state index contributed by atoms with van der Waals surface area (Å²) in [6, 6.07) is -0.649. The summed E-state index contributed by atoms with van der Waals surface area (Å²) in [6.07, 6.45) is 1.96. The minimum atomic E-state index is -0.890. The highest BCUT2D eigenvalue weighted by Gasteiger charge is 2.08. The lowest BCUT2D eigenvalue weighted by Gasteiger charge is -2.03. The third-order valence-electron chi connectivity index (χ3n) is 1.08. The molecule has 0 aromatic rings. The summed E-state index contributed by atoms with van der Waals surface area (Å²) in [5, 5.41) is 0. The van der Waals surface area contributed by atoms with Crippen LogP contribution in [0.2, 0.25) is 0 Å². The number of rotatable bonds is 4. The molecule has 4 N–H and O–H groups in total. The van der Waals surface area contributed by atoms with Crippen LogP contribution in [0, 0.1) is 0 Å². The molecule has 0 aliphatic carbocycles. The van der Waals surface area contributed by atoms with Crippen molar-refractivity contribution < 1.29 is 9.00 Å². The Labute approximate surface area is 62.4 Å². The van der Waals surface area contributed by atoms with E-state index in [1.54, 1.807) is 6.26 Å². The molecule has 0 saturated heterocycles. The smallest absolute Gasteiger partial charge is 0.234 e. The molecule has 1 amide bonds. The predicted octanol–water partition coefficient (Wildman–Crippen LogP) is -1.43. The van der Waals surface area contributed by atoms with E-state index in [4.69, 9.17) is 11.5 Å². The number of amides is 1. The summed E-state index contributed by atoms with van der Waals surface area (Å²) in [4.78, 5) is 10.3. The molecule has 0 radical (unpaired) electrons. The van der Waals surface area contributed by atoms with E-state index in [1.807, 2.05) is 0 Å². The summed E-state index contributed by atoms with van der Waals surface area (Å²) in [5.41, 5.74) is 10.1. The molecule has 5 heteroatoms. The van der Waals surface area contributed by atoms with Crippen LogP contribution in [0.5, 0.6) is 0 Å². The standard InChI is InChI=1S/C5H12N2O2S/c1-10(9)3-2-4(6)5(7)8/h4H,2-3,6H2,1H3,(H2,7,8). The van der Waals surface area contributed by atoms with Gasteiger partial charge >= 0.3 is 0 Å². The molecule has 10 heavy (non-hydrogen) atoms. The van der Waals surface area contributed by atoms with Crippen LogP contribution in [0.15, 0.2) is 0 Å². The van der Waals surface area contributed by atoms with Gasteiger partial charge in [0.25, 0.3) is 0 Å². The molecular weight excluding hydrogens is 152 g/mol. The summed E-state index contributed by atoms with van der Waals surface area (Å²) in [7, 11) is -0.890. The van der Waals surface area contributed by atoms with Crippen molar-refractivity contribution in [2.45, 2.75) is 12.5 Å². The maximum Gasteiger partial charge on any atom is 0.234 e. The first-order chi connectivity index (χ1) is 4.54. The summed E-state index contributed by atoms with van der Waals surface area (Å²) in [5.74, 6) is -0.102. The predicted molar refractivity (Wildman–Crippen MR) is 40.7 cm³/mol. The van der Waals surface area contributed by atoms with Crippen molar-refractivity contribution in [2.75, 3.05) is 12.0 Å². The van der Waals surface area contributed by atoms with Crippen LogP contribution in [0.1, 0.15) is 6.42 Å². The average Bonchev–Trinajstić information content (AvgIpc) is 1.82. The Kier molecular flexibility index (Phi) is 4.22. The number of carbonyl (C=O) groups is 1. The van der Waals surface area contributed by atoms with Crippen molar-refractivity contribution in [1.82, 2.24) is 0 Å². The Morgan fingerprint density at radius 1 is 1.70 bits per heavy atom.